The molecule has 0 spiro atoms. The standard InChI is InChI=1S/C28H37N3O4/c1-5-22(21-13-8-7-9-14-21)27(32)30(17-12-19-34-3)25(6-2)26-29-24-16-11-10-15-23(24)28(33)31(26)18-20-35-4/h7-11,13-16,22,25H,5-6,12,17-20H2,1-4H3. The van der Waals surface area contributed by atoms with E-state index in [4.69, 9.17) is 14.5 Å². The van der Waals surface area contributed by atoms with E-state index in [9.17, 15) is 9.59 Å². The number of aromatic nitrogens is 2. The van der Waals surface area contributed by atoms with Gasteiger partial charge in [-0.15, -0.1) is 0 Å². The highest BCUT2D eigenvalue weighted by molar-refractivity contribution is 5.84. The van der Waals surface area contributed by atoms with E-state index in [1.807, 2.05) is 67.3 Å². The third-order valence-electron chi connectivity index (χ3n) is 6.41. The van der Waals surface area contributed by atoms with Gasteiger partial charge in [-0.2, -0.15) is 0 Å². The third kappa shape index (κ3) is 6.16. The first kappa shape index (κ1) is 26.6. The summed E-state index contributed by atoms with van der Waals surface area (Å²) in [6.45, 7) is 5.88. The minimum Gasteiger partial charge on any atom is -0.385 e. The van der Waals surface area contributed by atoms with Crippen LogP contribution < -0.4 is 5.56 Å². The largest absolute Gasteiger partial charge is 0.385 e. The molecule has 1 amide bonds. The van der Waals surface area contributed by atoms with E-state index in [1.54, 1.807) is 24.9 Å². The number of para-hydroxylation sites is 1. The van der Waals surface area contributed by atoms with Crippen molar-refractivity contribution in [1.82, 2.24) is 14.5 Å². The summed E-state index contributed by atoms with van der Waals surface area (Å²) >= 11 is 0. The average molecular weight is 480 g/mol. The Labute approximate surface area is 207 Å². The fourth-order valence-electron chi connectivity index (χ4n) is 4.62. The van der Waals surface area contributed by atoms with E-state index >= 15 is 0 Å². The molecule has 2 unspecified atom stereocenters. The van der Waals surface area contributed by atoms with Gasteiger partial charge >= 0.3 is 0 Å². The molecule has 2 atom stereocenters. The van der Waals surface area contributed by atoms with Gasteiger partial charge in [-0.25, -0.2) is 4.98 Å². The summed E-state index contributed by atoms with van der Waals surface area (Å²) < 4.78 is 12.3. The van der Waals surface area contributed by atoms with Crippen molar-refractivity contribution < 1.29 is 14.3 Å². The van der Waals surface area contributed by atoms with Crippen molar-refractivity contribution in [1.29, 1.82) is 0 Å². The van der Waals surface area contributed by atoms with Crippen LogP contribution in [-0.4, -0.2) is 54.3 Å². The summed E-state index contributed by atoms with van der Waals surface area (Å²) in [7, 11) is 3.28. The SMILES string of the molecule is CCC(C(=O)N(CCCOC)C(CC)c1nc2ccccc2c(=O)n1CCOC)c1ccccc1. The van der Waals surface area contributed by atoms with Crippen LogP contribution in [0.15, 0.2) is 59.4 Å². The molecule has 0 bridgehead atoms. The summed E-state index contributed by atoms with van der Waals surface area (Å²) in [5, 5.41) is 0.565. The lowest BCUT2D eigenvalue weighted by molar-refractivity contribution is -0.136. The predicted molar refractivity (Wildman–Crippen MR) is 139 cm³/mol. The van der Waals surface area contributed by atoms with E-state index in [-0.39, 0.29) is 23.4 Å². The number of nitrogens with zero attached hydrogens (tertiary/aromatic N) is 3. The molecule has 0 aliphatic carbocycles. The molecule has 1 aromatic heterocycles. The zero-order valence-corrected chi connectivity index (χ0v) is 21.3. The average Bonchev–Trinajstić information content (AvgIpc) is 2.89. The Morgan fingerprint density at radius 2 is 1.66 bits per heavy atom. The molecule has 3 rings (SSSR count). The summed E-state index contributed by atoms with van der Waals surface area (Å²) in [6, 6.07) is 16.9. The highest BCUT2D eigenvalue weighted by Gasteiger charge is 2.32. The van der Waals surface area contributed by atoms with Gasteiger partial charge < -0.3 is 14.4 Å². The molecular weight excluding hydrogens is 442 g/mol. The zero-order valence-electron chi connectivity index (χ0n) is 21.3. The van der Waals surface area contributed by atoms with Crippen LogP contribution in [0.25, 0.3) is 10.9 Å². The molecule has 188 valence electrons. The highest BCUT2D eigenvalue weighted by atomic mass is 16.5. The van der Waals surface area contributed by atoms with Crippen LogP contribution in [0.3, 0.4) is 0 Å². The Morgan fingerprint density at radius 3 is 2.31 bits per heavy atom. The molecule has 0 saturated heterocycles. The lowest BCUT2D eigenvalue weighted by Gasteiger charge is -2.35. The fourth-order valence-corrected chi connectivity index (χ4v) is 4.62. The van der Waals surface area contributed by atoms with Crippen molar-refractivity contribution in [2.75, 3.05) is 34.0 Å². The molecule has 0 aliphatic rings. The first-order valence-electron chi connectivity index (χ1n) is 12.4. The van der Waals surface area contributed by atoms with Crippen molar-refractivity contribution in [3.63, 3.8) is 0 Å². The zero-order chi connectivity index (χ0) is 25.2. The molecule has 3 aromatic rings. The molecular formula is C28H37N3O4. The van der Waals surface area contributed by atoms with Crippen LogP contribution in [0.4, 0.5) is 0 Å². The number of carbonyl (C=O) groups is 1. The van der Waals surface area contributed by atoms with Gasteiger partial charge in [-0.1, -0.05) is 56.3 Å². The van der Waals surface area contributed by atoms with Crippen LogP contribution in [0, 0.1) is 0 Å². The molecule has 0 aliphatic heterocycles. The third-order valence-corrected chi connectivity index (χ3v) is 6.41. The van der Waals surface area contributed by atoms with Gasteiger partial charge in [-0.3, -0.25) is 14.2 Å². The van der Waals surface area contributed by atoms with Crippen LogP contribution in [0.5, 0.6) is 0 Å². The minimum atomic E-state index is -0.355. The monoisotopic (exact) mass is 479 g/mol. The van der Waals surface area contributed by atoms with E-state index in [2.05, 4.69) is 0 Å². The van der Waals surface area contributed by atoms with Crippen LogP contribution in [-0.2, 0) is 20.8 Å². The van der Waals surface area contributed by atoms with Crippen molar-refractivity contribution in [3.05, 3.63) is 76.3 Å². The highest BCUT2D eigenvalue weighted by Crippen LogP contribution is 2.30. The molecule has 35 heavy (non-hydrogen) atoms. The number of methoxy groups -OCH3 is 2. The second-order valence-corrected chi connectivity index (χ2v) is 8.61. The fraction of sp³-hybridized carbons (Fsp3) is 0.464. The number of amides is 1. The maximum absolute atomic E-state index is 14.1. The van der Waals surface area contributed by atoms with Gasteiger partial charge in [0.1, 0.15) is 5.82 Å². The van der Waals surface area contributed by atoms with Crippen LogP contribution in [0.2, 0.25) is 0 Å². The van der Waals surface area contributed by atoms with Crippen LogP contribution >= 0.6 is 0 Å². The van der Waals surface area contributed by atoms with E-state index < -0.39 is 0 Å². The second-order valence-electron chi connectivity index (χ2n) is 8.61. The maximum Gasteiger partial charge on any atom is 0.261 e. The summed E-state index contributed by atoms with van der Waals surface area (Å²) in [6.07, 6.45) is 2.00. The molecule has 0 fully saturated rings. The number of hydrogen-bond acceptors (Lipinski definition) is 5. The van der Waals surface area contributed by atoms with Gasteiger partial charge in [0.2, 0.25) is 5.91 Å². The Morgan fingerprint density at radius 1 is 0.971 bits per heavy atom. The molecule has 0 saturated carbocycles. The minimum absolute atomic E-state index is 0.0438. The van der Waals surface area contributed by atoms with Crippen molar-refractivity contribution >= 4 is 16.8 Å². The first-order chi connectivity index (χ1) is 17.1. The molecule has 1 heterocycles. The quantitative estimate of drug-likeness (QED) is 0.336. The number of benzene rings is 2. The Balaban J connectivity index is 2.12. The number of rotatable bonds is 13. The molecule has 0 radical (unpaired) electrons. The normalized spacial score (nSPS) is 13.0. The number of hydrogen-bond donors (Lipinski definition) is 0. The van der Waals surface area contributed by atoms with E-state index in [0.29, 0.717) is 62.3 Å². The number of ether oxygens (including phenoxy) is 2. The molecule has 7 heteroatoms. The van der Waals surface area contributed by atoms with Crippen molar-refractivity contribution in [3.8, 4) is 0 Å². The maximum atomic E-state index is 14.1. The van der Waals surface area contributed by atoms with Gasteiger partial charge in [0.05, 0.1) is 36.0 Å². The lowest BCUT2D eigenvalue weighted by atomic mass is 9.94. The number of fused-ring (bicyclic) bond motifs is 1. The number of carbonyl (C=O) groups excluding carboxylic acids is 1. The Hall–Kier alpha value is -3.03. The topological polar surface area (TPSA) is 73.7 Å². The Kier molecular flexibility index (Phi) is 9.99. The molecule has 2 aromatic carbocycles. The summed E-state index contributed by atoms with van der Waals surface area (Å²) in [5.74, 6) is 0.372. The lowest BCUT2D eigenvalue weighted by Crippen LogP contribution is -2.42. The van der Waals surface area contributed by atoms with E-state index in [0.717, 1.165) is 5.56 Å². The first-order valence-corrected chi connectivity index (χ1v) is 12.4. The predicted octanol–water partition coefficient (Wildman–Crippen LogP) is 4.55. The van der Waals surface area contributed by atoms with E-state index in [1.165, 1.54) is 0 Å². The van der Waals surface area contributed by atoms with Gasteiger partial charge in [-0.05, 0) is 37.0 Å². The van der Waals surface area contributed by atoms with Gasteiger partial charge in [0.15, 0.2) is 0 Å². The Bertz CT molecular complexity index is 1150. The van der Waals surface area contributed by atoms with Crippen LogP contribution in [0.1, 0.15) is 56.5 Å². The van der Waals surface area contributed by atoms with Gasteiger partial charge in [0, 0.05) is 27.4 Å². The molecule has 7 nitrogen and oxygen atoms in total. The van der Waals surface area contributed by atoms with Crippen molar-refractivity contribution in [2.45, 2.75) is 51.6 Å². The summed E-state index contributed by atoms with van der Waals surface area (Å²) in [5.41, 5.74) is 1.52. The second kappa shape index (κ2) is 13.2. The summed E-state index contributed by atoms with van der Waals surface area (Å²) in [4.78, 5) is 34.4. The smallest absolute Gasteiger partial charge is 0.261 e. The van der Waals surface area contributed by atoms with Crippen molar-refractivity contribution in [2.24, 2.45) is 0 Å². The van der Waals surface area contributed by atoms with Gasteiger partial charge in [0.25, 0.3) is 5.56 Å². The molecule has 0 N–H and O–H groups in total.